The third-order valence-corrected chi connectivity index (χ3v) is 6.10. The highest BCUT2D eigenvalue weighted by molar-refractivity contribution is 7.98. The van der Waals surface area contributed by atoms with Crippen molar-refractivity contribution in [3.63, 3.8) is 0 Å². The van der Waals surface area contributed by atoms with Gasteiger partial charge >= 0.3 is 0 Å². The van der Waals surface area contributed by atoms with Crippen molar-refractivity contribution in [1.29, 1.82) is 0 Å². The van der Waals surface area contributed by atoms with Gasteiger partial charge in [0.2, 0.25) is 0 Å². The lowest BCUT2D eigenvalue weighted by Crippen LogP contribution is -2.41. The molecule has 0 bridgehead atoms. The quantitative estimate of drug-likeness (QED) is 0.307. The van der Waals surface area contributed by atoms with Crippen molar-refractivity contribution in [3.05, 3.63) is 75.6 Å². The number of aryl methyl sites for hydroxylation is 2. The van der Waals surface area contributed by atoms with Crippen LogP contribution in [0.3, 0.4) is 0 Å². The highest BCUT2D eigenvalue weighted by atomic mass is 35.5. The van der Waals surface area contributed by atoms with Crippen LogP contribution in [-0.2, 0) is 5.75 Å². The smallest absolute Gasteiger partial charge is 0.269 e. The van der Waals surface area contributed by atoms with E-state index in [1.54, 1.807) is 18.2 Å². The molecule has 0 saturated heterocycles. The highest BCUT2D eigenvalue weighted by Gasteiger charge is 2.19. The molecule has 2 heterocycles. The van der Waals surface area contributed by atoms with Crippen LogP contribution in [0.1, 0.15) is 44.1 Å². The molecular weight excluding hydrogens is 476 g/mol. The molecule has 4 rings (SSSR count). The van der Waals surface area contributed by atoms with E-state index in [4.69, 9.17) is 21.1 Å². The van der Waals surface area contributed by atoms with Crippen LogP contribution in [0.25, 0.3) is 0 Å². The van der Waals surface area contributed by atoms with E-state index in [1.165, 1.54) is 17.8 Å². The minimum Gasteiger partial charge on any atom is -0.489 e. The number of carbonyl (C=O) groups is 2. The molecule has 0 radical (unpaired) electrons. The number of amides is 2. The number of rotatable bonds is 5. The standard InChI is InChI=1S/C24H23ClN4O4S/c1-14-10-15(2)27-24(26-14)34-13-16-4-6-17(7-5-16)22(30)28-29-23(31)18-11-19(25)21-20(12-18)32-8-3-9-33-21/h4-7,10-12H,3,8-9,13H2,1-2H3,(H,28,30)(H,29,31). The van der Waals surface area contributed by atoms with Gasteiger partial charge in [-0.15, -0.1) is 0 Å². The molecule has 10 heteroatoms. The van der Waals surface area contributed by atoms with Crippen LogP contribution >= 0.6 is 23.4 Å². The Labute approximate surface area is 206 Å². The lowest BCUT2D eigenvalue weighted by atomic mass is 10.1. The predicted octanol–water partition coefficient (Wildman–Crippen LogP) is 4.28. The maximum atomic E-state index is 12.5. The number of aromatic nitrogens is 2. The highest BCUT2D eigenvalue weighted by Crippen LogP contribution is 2.37. The minimum atomic E-state index is -0.521. The van der Waals surface area contributed by atoms with Crippen LogP contribution in [-0.4, -0.2) is 35.0 Å². The number of hydrazine groups is 1. The van der Waals surface area contributed by atoms with Crippen LogP contribution in [0.5, 0.6) is 11.5 Å². The maximum absolute atomic E-state index is 12.5. The largest absolute Gasteiger partial charge is 0.489 e. The molecule has 3 aromatic rings. The summed E-state index contributed by atoms with van der Waals surface area (Å²) in [5.74, 6) is 0.535. The molecule has 176 valence electrons. The first-order valence-electron chi connectivity index (χ1n) is 10.6. The summed E-state index contributed by atoms with van der Waals surface area (Å²) >= 11 is 7.77. The first kappa shape index (κ1) is 23.8. The van der Waals surface area contributed by atoms with Crippen molar-refractivity contribution in [1.82, 2.24) is 20.8 Å². The second-order valence-electron chi connectivity index (χ2n) is 7.66. The van der Waals surface area contributed by atoms with Gasteiger partial charge in [-0.25, -0.2) is 9.97 Å². The number of fused-ring (bicyclic) bond motifs is 1. The van der Waals surface area contributed by atoms with E-state index < -0.39 is 11.8 Å². The molecule has 0 saturated carbocycles. The van der Waals surface area contributed by atoms with Crippen LogP contribution in [0.4, 0.5) is 0 Å². The van der Waals surface area contributed by atoms with E-state index in [1.807, 2.05) is 32.0 Å². The Hall–Kier alpha value is -3.30. The maximum Gasteiger partial charge on any atom is 0.269 e. The van der Waals surface area contributed by atoms with Crippen molar-refractivity contribution < 1.29 is 19.1 Å². The van der Waals surface area contributed by atoms with Gasteiger partial charge in [0, 0.05) is 34.7 Å². The molecule has 0 atom stereocenters. The van der Waals surface area contributed by atoms with Gasteiger partial charge in [0.15, 0.2) is 16.7 Å². The van der Waals surface area contributed by atoms with Gasteiger partial charge in [0.1, 0.15) is 0 Å². The number of hydrogen-bond donors (Lipinski definition) is 2. The van der Waals surface area contributed by atoms with Gasteiger partial charge in [-0.1, -0.05) is 35.5 Å². The van der Waals surface area contributed by atoms with Crippen molar-refractivity contribution in [2.75, 3.05) is 13.2 Å². The first-order chi connectivity index (χ1) is 16.4. The SMILES string of the molecule is Cc1cc(C)nc(SCc2ccc(C(=O)NNC(=O)c3cc(Cl)c4c(c3)OCCCO4)cc2)n1. The third kappa shape index (κ3) is 5.98. The Morgan fingerprint density at radius 3 is 2.29 bits per heavy atom. The molecule has 0 fully saturated rings. The predicted molar refractivity (Wildman–Crippen MR) is 130 cm³/mol. The van der Waals surface area contributed by atoms with E-state index in [0.717, 1.165) is 28.5 Å². The number of nitrogens with zero attached hydrogens (tertiary/aromatic N) is 2. The summed E-state index contributed by atoms with van der Waals surface area (Å²) in [5, 5.41) is 0.993. The summed E-state index contributed by atoms with van der Waals surface area (Å²) in [4.78, 5) is 33.8. The van der Waals surface area contributed by atoms with Crippen LogP contribution in [0.2, 0.25) is 5.02 Å². The molecule has 34 heavy (non-hydrogen) atoms. The molecule has 2 N–H and O–H groups in total. The Morgan fingerprint density at radius 1 is 0.941 bits per heavy atom. The van der Waals surface area contributed by atoms with Gasteiger partial charge in [0.25, 0.3) is 11.8 Å². The number of benzene rings is 2. The zero-order valence-corrected chi connectivity index (χ0v) is 20.3. The Morgan fingerprint density at radius 2 is 1.59 bits per heavy atom. The number of halogens is 1. The van der Waals surface area contributed by atoms with Crippen molar-refractivity contribution in [2.24, 2.45) is 0 Å². The molecule has 0 aliphatic carbocycles. The van der Waals surface area contributed by atoms with E-state index in [9.17, 15) is 9.59 Å². The number of carbonyl (C=O) groups excluding carboxylic acids is 2. The summed E-state index contributed by atoms with van der Waals surface area (Å²) < 4.78 is 11.2. The monoisotopic (exact) mass is 498 g/mol. The van der Waals surface area contributed by atoms with Crippen molar-refractivity contribution >= 4 is 35.2 Å². The van der Waals surface area contributed by atoms with Crippen LogP contribution < -0.4 is 20.3 Å². The molecular formula is C24H23ClN4O4S. The number of nitrogens with one attached hydrogen (secondary N) is 2. The van der Waals surface area contributed by atoms with Gasteiger partial charge in [-0.05, 0) is 49.7 Å². The summed E-state index contributed by atoms with van der Waals surface area (Å²) in [5.41, 5.74) is 8.36. The lowest BCUT2D eigenvalue weighted by molar-refractivity contribution is 0.0846. The molecule has 0 unspecified atom stereocenters. The average molecular weight is 499 g/mol. The zero-order chi connectivity index (χ0) is 24.1. The molecule has 8 nitrogen and oxygen atoms in total. The van der Waals surface area contributed by atoms with Crippen molar-refractivity contribution in [2.45, 2.75) is 31.2 Å². The molecule has 2 amide bonds. The minimum absolute atomic E-state index is 0.246. The third-order valence-electron chi connectivity index (χ3n) is 4.90. The van der Waals surface area contributed by atoms with E-state index >= 15 is 0 Å². The molecule has 2 aromatic carbocycles. The summed E-state index contributed by atoms with van der Waals surface area (Å²) in [7, 11) is 0. The molecule has 1 aliphatic rings. The van der Waals surface area contributed by atoms with Gasteiger partial charge in [-0.2, -0.15) is 0 Å². The fraction of sp³-hybridized carbons (Fsp3) is 0.250. The molecule has 1 aromatic heterocycles. The van der Waals surface area contributed by atoms with E-state index in [2.05, 4.69) is 20.8 Å². The fourth-order valence-corrected chi connectivity index (χ4v) is 4.45. The number of ether oxygens (including phenoxy) is 2. The van der Waals surface area contributed by atoms with Gasteiger partial charge < -0.3 is 9.47 Å². The Bertz CT molecular complexity index is 1200. The topological polar surface area (TPSA) is 102 Å². The average Bonchev–Trinajstić information content (AvgIpc) is 3.07. The second kappa shape index (κ2) is 10.8. The normalized spacial score (nSPS) is 12.6. The Balaban J connectivity index is 1.33. The summed E-state index contributed by atoms with van der Waals surface area (Å²) in [6.45, 7) is 4.84. The van der Waals surface area contributed by atoms with Gasteiger partial charge in [-0.3, -0.25) is 20.4 Å². The van der Waals surface area contributed by atoms with Crippen LogP contribution in [0.15, 0.2) is 47.6 Å². The summed E-state index contributed by atoms with van der Waals surface area (Å²) in [6, 6.07) is 12.1. The number of thioether (sulfide) groups is 1. The zero-order valence-electron chi connectivity index (χ0n) is 18.7. The van der Waals surface area contributed by atoms with E-state index in [-0.39, 0.29) is 10.6 Å². The van der Waals surface area contributed by atoms with Crippen LogP contribution in [0, 0.1) is 13.8 Å². The fourth-order valence-electron chi connectivity index (χ4n) is 3.28. The summed E-state index contributed by atoms with van der Waals surface area (Å²) in [6.07, 6.45) is 0.722. The Kier molecular flexibility index (Phi) is 7.54. The van der Waals surface area contributed by atoms with Gasteiger partial charge in [0.05, 0.1) is 18.2 Å². The number of hydrogen-bond acceptors (Lipinski definition) is 7. The van der Waals surface area contributed by atoms with Crippen molar-refractivity contribution in [3.8, 4) is 11.5 Å². The molecule has 1 aliphatic heterocycles. The van der Waals surface area contributed by atoms with E-state index in [0.29, 0.717) is 36.0 Å². The second-order valence-corrected chi connectivity index (χ2v) is 9.01. The molecule has 0 spiro atoms. The first-order valence-corrected chi connectivity index (χ1v) is 12.0. The lowest BCUT2D eigenvalue weighted by Gasteiger charge is -2.12.